The Balaban J connectivity index is 2.19. The second kappa shape index (κ2) is 9.53. The van der Waals surface area contributed by atoms with Gasteiger partial charge in [-0.3, -0.25) is 14.4 Å². The summed E-state index contributed by atoms with van der Waals surface area (Å²) in [6.45, 7) is 4.92. The van der Waals surface area contributed by atoms with Crippen LogP contribution in [0.2, 0.25) is 5.02 Å². The van der Waals surface area contributed by atoms with Crippen molar-refractivity contribution in [1.82, 2.24) is 5.32 Å². The van der Waals surface area contributed by atoms with Gasteiger partial charge in [0, 0.05) is 11.9 Å². The Labute approximate surface area is 166 Å². The molecule has 1 unspecified atom stereocenters. The highest BCUT2D eigenvalue weighted by Gasteiger charge is 2.23. The summed E-state index contributed by atoms with van der Waals surface area (Å²) in [6.07, 6.45) is -0.296. The van der Waals surface area contributed by atoms with Crippen LogP contribution in [0.3, 0.4) is 0 Å². The smallest absolute Gasteiger partial charge is 0.308 e. The van der Waals surface area contributed by atoms with Crippen LogP contribution in [0.25, 0.3) is 0 Å². The summed E-state index contributed by atoms with van der Waals surface area (Å²) in [5, 5.41) is 6.49. The quantitative estimate of drug-likeness (QED) is 0.673. The molecule has 0 spiro atoms. The van der Waals surface area contributed by atoms with Crippen molar-refractivity contribution >= 4 is 45.7 Å². The third kappa shape index (κ3) is 6.37. The number of amides is 2. The molecule has 0 radical (unpaired) electrons. The van der Waals surface area contributed by atoms with E-state index in [4.69, 9.17) is 16.3 Å². The zero-order valence-corrected chi connectivity index (χ0v) is 16.8. The Bertz CT molecular complexity index is 835. The summed E-state index contributed by atoms with van der Waals surface area (Å²) in [6, 6.07) is 9.64. The summed E-state index contributed by atoms with van der Waals surface area (Å²) in [5.74, 6) is -1.01. The molecule has 0 aliphatic carbocycles. The predicted molar refractivity (Wildman–Crippen MR) is 106 cm³/mol. The van der Waals surface area contributed by atoms with E-state index in [0.717, 1.165) is 11.3 Å². The Morgan fingerprint density at radius 2 is 1.85 bits per heavy atom. The SMILES string of the molecule is CC(=O)Nc1ccc(C(=O)NC(CC(=O)OC(C)C)c2ccccc2Cl)s1. The number of hydrogen-bond donors (Lipinski definition) is 2. The van der Waals surface area contributed by atoms with Gasteiger partial charge >= 0.3 is 5.97 Å². The van der Waals surface area contributed by atoms with Crippen molar-refractivity contribution in [1.29, 1.82) is 0 Å². The van der Waals surface area contributed by atoms with Crippen molar-refractivity contribution in [2.24, 2.45) is 0 Å². The highest BCUT2D eigenvalue weighted by molar-refractivity contribution is 7.18. The van der Waals surface area contributed by atoms with E-state index < -0.39 is 12.0 Å². The van der Waals surface area contributed by atoms with Gasteiger partial charge in [0.25, 0.3) is 5.91 Å². The molecule has 1 aromatic carbocycles. The van der Waals surface area contributed by atoms with E-state index in [1.807, 2.05) is 0 Å². The molecule has 0 saturated heterocycles. The molecule has 1 heterocycles. The van der Waals surface area contributed by atoms with Gasteiger partial charge in [-0.05, 0) is 37.6 Å². The van der Waals surface area contributed by atoms with Gasteiger partial charge in [-0.2, -0.15) is 0 Å². The molecule has 0 saturated carbocycles. The predicted octanol–water partition coefficient (Wildman–Crippen LogP) is 4.17. The molecule has 2 amide bonds. The van der Waals surface area contributed by atoms with Crippen molar-refractivity contribution in [3.05, 3.63) is 51.9 Å². The van der Waals surface area contributed by atoms with Gasteiger partial charge in [-0.1, -0.05) is 29.8 Å². The fraction of sp³-hybridized carbons (Fsp3) is 0.316. The van der Waals surface area contributed by atoms with Crippen LogP contribution >= 0.6 is 22.9 Å². The second-order valence-electron chi connectivity index (χ2n) is 6.14. The minimum Gasteiger partial charge on any atom is -0.463 e. The number of thiophene rings is 1. The van der Waals surface area contributed by atoms with Crippen LogP contribution in [0.5, 0.6) is 0 Å². The molecule has 2 rings (SSSR count). The molecule has 0 bridgehead atoms. The maximum Gasteiger partial charge on any atom is 0.308 e. The average Bonchev–Trinajstić information content (AvgIpc) is 3.01. The lowest BCUT2D eigenvalue weighted by molar-refractivity contribution is -0.147. The fourth-order valence-electron chi connectivity index (χ4n) is 2.40. The highest BCUT2D eigenvalue weighted by atomic mass is 35.5. The van der Waals surface area contributed by atoms with Gasteiger partial charge < -0.3 is 15.4 Å². The number of carbonyl (C=O) groups is 3. The van der Waals surface area contributed by atoms with Crippen LogP contribution < -0.4 is 10.6 Å². The molecule has 0 aliphatic heterocycles. The molecule has 1 atom stereocenters. The van der Waals surface area contributed by atoms with E-state index in [-0.39, 0.29) is 24.3 Å². The van der Waals surface area contributed by atoms with E-state index in [1.165, 1.54) is 6.92 Å². The van der Waals surface area contributed by atoms with Crippen LogP contribution in [-0.4, -0.2) is 23.9 Å². The molecular formula is C19H21ClN2O4S. The van der Waals surface area contributed by atoms with Crippen LogP contribution in [0.1, 0.15) is 48.5 Å². The summed E-state index contributed by atoms with van der Waals surface area (Å²) in [7, 11) is 0. The second-order valence-corrected chi connectivity index (χ2v) is 7.63. The lowest BCUT2D eigenvalue weighted by Crippen LogP contribution is -2.30. The number of benzene rings is 1. The molecule has 144 valence electrons. The van der Waals surface area contributed by atoms with Crippen molar-refractivity contribution in [2.45, 2.75) is 39.3 Å². The van der Waals surface area contributed by atoms with Crippen molar-refractivity contribution in [2.75, 3.05) is 5.32 Å². The van der Waals surface area contributed by atoms with Crippen molar-refractivity contribution in [3.8, 4) is 0 Å². The maximum absolute atomic E-state index is 12.6. The number of ether oxygens (including phenoxy) is 1. The summed E-state index contributed by atoms with van der Waals surface area (Å²) in [5.41, 5.74) is 0.631. The van der Waals surface area contributed by atoms with Gasteiger partial charge in [0.15, 0.2) is 0 Å². The highest BCUT2D eigenvalue weighted by Crippen LogP contribution is 2.27. The van der Waals surface area contributed by atoms with Crippen LogP contribution in [0, 0.1) is 0 Å². The molecule has 0 fully saturated rings. The molecule has 2 aromatic rings. The zero-order chi connectivity index (χ0) is 20.0. The van der Waals surface area contributed by atoms with Crippen molar-refractivity contribution < 1.29 is 19.1 Å². The number of anilines is 1. The van der Waals surface area contributed by atoms with Gasteiger partial charge in [-0.15, -0.1) is 11.3 Å². The van der Waals surface area contributed by atoms with Gasteiger partial charge in [0.2, 0.25) is 5.91 Å². The minimum atomic E-state index is -0.635. The molecule has 2 N–H and O–H groups in total. The largest absolute Gasteiger partial charge is 0.463 e. The molecular weight excluding hydrogens is 388 g/mol. The van der Waals surface area contributed by atoms with E-state index in [1.54, 1.807) is 50.2 Å². The number of nitrogens with one attached hydrogen (secondary N) is 2. The lowest BCUT2D eigenvalue weighted by atomic mass is 10.0. The molecule has 27 heavy (non-hydrogen) atoms. The first kappa shape index (κ1) is 20.9. The average molecular weight is 409 g/mol. The van der Waals surface area contributed by atoms with E-state index in [0.29, 0.717) is 20.5 Å². The van der Waals surface area contributed by atoms with Crippen molar-refractivity contribution in [3.63, 3.8) is 0 Å². The van der Waals surface area contributed by atoms with Crippen LogP contribution in [0.4, 0.5) is 5.00 Å². The van der Waals surface area contributed by atoms with Gasteiger partial charge in [0.1, 0.15) is 0 Å². The normalized spacial score (nSPS) is 11.7. The Morgan fingerprint density at radius 1 is 1.15 bits per heavy atom. The standard InChI is InChI=1S/C19H21ClN2O4S/c1-11(2)26-18(24)10-15(13-6-4-5-7-14(13)20)22-19(25)16-8-9-17(27-16)21-12(3)23/h4-9,11,15H,10H2,1-3H3,(H,21,23)(H,22,25). The van der Waals surface area contributed by atoms with E-state index in [2.05, 4.69) is 10.6 Å². The summed E-state index contributed by atoms with van der Waals surface area (Å²) in [4.78, 5) is 36.3. The number of hydrogen-bond acceptors (Lipinski definition) is 5. The van der Waals surface area contributed by atoms with E-state index in [9.17, 15) is 14.4 Å². The molecule has 8 heteroatoms. The topological polar surface area (TPSA) is 84.5 Å². The van der Waals surface area contributed by atoms with Crippen LogP contribution in [-0.2, 0) is 14.3 Å². The Morgan fingerprint density at radius 3 is 2.48 bits per heavy atom. The Hall–Kier alpha value is -2.38. The zero-order valence-electron chi connectivity index (χ0n) is 15.2. The van der Waals surface area contributed by atoms with Gasteiger partial charge in [-0.25, -0.2) is 0 Å². The molecule has 6 nitrogen and oxygen atoms in total. The fourth-order valence-corrected chi connectivity index (χ4v) is 3.53. The van der Waals surface area contributed by atoms with E-state index >= 15 is 0 Å². The third-order valence-electron chi connectivity index (χ3n) is 3.45. The lowest BCUT2D eigenvalue weighted by Gasteiger charge is -2.20. The maximum atomic E-state index is 12.6. The summed E-state index contributed by atoms with van der Waals surface area (Å²) >= 11 is 7.40. The number of rotatable bonds is 7. The molecule has 0 aliphatic rings. The first-order valence-electron chi connectivity index (χ1n) is 8.38. The minimum absolute atomic E-state index is 0.0441. The summed E-state index contributed by atoms with van der Waals surface area (Å²) < 4.78 is 5.20. The number of esters is 1. The number of halogens is 1. The first-order valence-corrected chi connectivity index (χ1v) is 9.58. The molecule has 1 aromatic heterocycles. The van der Waals surface area contributed by atoms with Crippen LogP contribution in [0.15, 0.2) is 36.4 Å². The third-order valence-corrected chi connectivity index (χ3v) is 4.80. The number of carbonyl (C=O) groups excluding carboxylic acids is 3. The first-order chi connectivity index (χ1) is 12.8. The Kier molecular flexibility index (Phi) is 7.38. The monoisotopic (exact) mass is 408 g/mol. The van der Waals surface area contributed by atoms with Gasteiger partial charge in [0.05, 0.1) is 28.4 Å².